The van der Waals surface area contributed by atoms with Crippen molar-refractivity contribution in [1.82, 2.24) is 0 Å². The van der Waals surface area contributed by atoms with Crippen LogP contribution in [0.4, 0.5) is 11.4 Å². The van der Waals surface area contributed by atoms with Crippen LogP contribution in [-0.4, -0.2) is 24.2 Å². The first kappa shape index (κ1) is 13.0. The van der Waals surface area contributed by atoms with Gasteiger partial charge in [0.2, 0.25) is 0 Å². The molecule has 0 radical (unpaired) electrons. The van der Waals surface area contributed by atoms with Crippen LogP contribution < -0.4 is 10.6 Å². The number of hydrogen-bond acceptors (Lipinski definition) is 3. The molecule has 2 rings (SSSR count). The fourth-order valence-corrected chi connectivity index (χ4v) is 2.94. The Balaban J connectivity index is 2.29. The summed E-state index contributed by atoms with van der Waals surface area (Å²) in [5.41, 5.74) is 8.27. The molecular weight excluding hydrogens is 252 g/mol. The van der Waals surface area contributed by atoms with E-state index in [1.165, 1.54) is 0 Å². The fraction of sp³-hybridized carbons (Fsp3) is 0.462. The second kappa shape index (κ2) is 5.06. The van der Waals surface area contributed by atoms with Gasteiger partial charge in [-0.05, 0) is 37.5 Å². The van der Waals surface area contributed by atoms with E-state index in [-0.39, 0.29) is 5.92 Å². The Hall–Kier alpha value is -1.42. The third-order valence-corrected chi connectivity index (χ3v) is 3.65. The number of piperidine rings is 1. The summed E-state index contributed by atoms with van der Waals surface area (Å²) in [6, 6.07) is 3.58. The van der Waals surface area contributed by atoms with Gasteiger partial charge in [-0.1, -0.05) is 11.6 Å². The van der Waals surface area contributed by atoms with Crippen LogP contribution in [0, 0.1) is 12.8 Å². The van der Waals surface area contributed by atoms with Gasteiger partial charge in [0.05, 0.1) is 16.6 Å². The molecular formula is C13H17ClN2O2. The highest BCUT2D eigenvalue weighted by Crippen LogP contribution is 2.34. The summed E-state index contributed by atoms with van der Waals surface area (Å²) in [6.07, 6.45) is 1.61. The van der Waals surface area contributed by atoms with Gasteiger partial charge in [-0.15, -0.1) is 0 Å². The molecule has 0 bridgehead atoms. The minimum absolute atomic E-state index is 0.313. The van der Waals surface area contributed by atoms with Crippen molar-refractivity contribution in [2.45, 2.75) is 19.8 Å². The van der Waals surface area contributed by atoms with Crippen molar-refractivity contribution < 1.29 is 9.90 Å². The zero-order valence-electron chi connectivity index (χ0n) is 10.3. The molecule has 1 saturated heterocycles. The van der Waals surface area contributed by atoms with Crippen LogP contribution in [0.1, 0.15) is 18.4 Å². The lowest BCUT2D eigenvalue weighted by molar-refractivity contribution is -0.141. The summed E-state index contributed by atoms with van der Waals surface area (Å²) in [4.78, 5) is 13.1. The minimum atomic E-state index is -0.732. The number of anilines is 2. The van der Waals surface area contributed by atoms with E-state index in [1.807, 2.05) is 13.0 Å². The summed E-state index contributed by atoms with van der Waals surface area (Å²) in [5, 5.41) is 9.70. The molecule has 1 aliphatic rings. The van der Waals surface area contributed by atoms with E-state index in [4.69, 9.17) is 22.4 Å². The molecule has 4 nitrogen and oxygen atoms in total. The van der Waals surface area contributed by atoms with Gasteiger partial charge in [0.15, 0.2) is 0 Å². The first-order chi connectivity index (χ1) is 8.49. The Morgan fingerprint density at radius 2 is 2.28 bits per heavy atom. The molecule has 1 unspecified atom stereocenters. The smallest absolute Gasteiger partial charge is 0.308 e. The first-order valence-electron chi connectivity index (χ1n) is 6.02. The number of nitrogens with two attached hydrogens (primary N) is 1. The molecule has 1 heterocycles. The number of carbonyl (C=O) groups is 1. The van der Waals surface area contributed by atoms with Gasteiger partial charge in [0, 0.05) is 18.8 Å². The Bertz CT molecular complexity index is 453. The molecule has 18 heavy (non-hydrogen) atoms. The maximum atomic E-state index is 11.1. The van der Waals surface area contributed by atoms with E-state index < -0.39 is 5.97 Å². The number of aliphatic carboxylic acids is 1. The average molecular weight is 269 g/mol. The van der Waals surface area contributed by atoms with E-state index in [0.717, 1.165) is 30.6 Å². The summed E-state index contributed by atoms with van der Waals surface area (Å²) >= 11 is 6.23. The lowest BCUT2D eigenvalue weighted by Gasteiger charge is -2.34. The number of carboxylic acid groups (broad SMARTS) is 1. The predicted molar refractivity (Wildman–Crippen MR) is 73.2 cm³/mol. The molecule has 0 amide bonds. The number of nitrogen functional groups attached to an aromatic ring is 1. The summed E-state index contributed by atoms with van der Waals surface area (Å²) in [7, 11) is 0. The summed E-state index contributed by atoms with van der Waals surface area (Å²) < 4.78 is 0. The van der Waals surface area contributed by atoms with Gasteiger partial charge in [0.1, 0.15) is 0 Å². The summed E-state index contributed by atoms with van der Waals surface area (Å²) in [6.45, 7) is 3.30. The zero-order chi connectivity index (χ0) is 13.3. The first-order valence-corrected chi connectivity index (χ1v) is 6.40. The van der Waals surface area contributed by atoms with Crippen molar-refractivity contribution in [2.75, 3.05) is 23.7 Å². The monoisotopic (exact) mass is 268 g/mol. The lowest BCUT2D eigenvalue weighted by atomic mass is 9.97. The normalized spacial score (nSPS) is 19.9. The number of hydrogen-bond donors (Lipinski definition) is 2. The van der Waals surface area contributed by atoms with Crippen LogP contribution >= 0.6 is 11.6 Å². The fourth-order valence-electron chi connectivity index (χ4n) is 2.55. The number of benzene rings is 1. The second-order valence-electron chi connectivity index (χ2n) is 4.79. The number of nitrogens with zero attached hydrogens (tertiary/aromatic N) is 1. The number of rotatable bonds is 2. The standard InChI is InChI=1S/C13H17ClN2O2/c1-8-5-10(15)6-11(14)12(8)16-4-2-3-9(7-16)13(17)18/h5-6,9H,2-4,7,15H2,1H3,(H,17,18). The molecule has 0 aromatic heterocycles. The Kier molecular flexibility index (Phi) is 3.66. The molecule has 98 valence electrons. The third-order valence-electron chi connectivity index (χ3n) is 3.36. The zero-order valence-corrected chi connectivity index (χ0v) is 11.1. The quantitative estimate of drug-likeness (QED) is 0.809. The van der Waals surface area contributed by atoms with Crippen LogP contribution in [-0.2, 0) is 4.79 Å². The Labute approximate surface area is 111 Å². The molecule has 0 saturated carbocycles. The average Bonchev–Trinajstić information content (AvgIpc) is 2.28. The van der Waals surface area contributed by atoms with E-state index in [1.54, 1.807) is 6.07 Å². The van der Waals surface area contributed by atoms with Crippen LogP contribution in [0.15, 0.2) is 12.1 Å². The second-order valence-corrected chi connectivity index (χ2v) is 5.20. The Morgan fingerprint density at radius 3 is 2.89 bits per heavy atom. The summed E-state index contributed by atoms with van der Waals surface area (Å²) in [5.74, 6) is -1.05. The molecule has 3 N–H and O–H groups in total. The SMILES string of the molecule is Cc1cc(N)cc(Cl)c1N1CCCC(C(=O)O)C1. The molecule has 1 fully saturated rings. The van der Waals surface area contributed by atoms with Crippen molar-refractivity contribution in [3.8, 4) is 0 Å². The van der Waals surface area contributed by atoms with E-state index >= 15 is 0 Å². The lowest BCUT2D eigenvalue weighted by Crippen LogP contribution is -2.39. The topological polar surface area (TPSA) is 66.6 Å². The van der Waals surface area contributed by atoms with Gasteiger partial charge in [-0.2, -0.15) is 0 Å². The highest BCUT2D eigenvalue weighted by molar-refractivity contribution is 6.33. The van der Waals surface area contributed by atoms with Gasteiger partial charge in [-0.3, -0.25) is 4.79 Å². The van der Waals surface area contributed by atoms with Crippen molar-refractivity contribution in [1.29, 1.82) is 0 Å². The minimum Gasteiger partial charge on any atom is -0.481 e. The van der Waals surface area contributed by atoms with Crippen molar-refractivity contribution in [3.05, 3.63) is 22.7 Å². The maximum absolute atomic E-state index is 11.1. The molecule has 0 aliphatic carbocycles. The van der Waals surface area contributed by atoms with Gasteiger partial charge < -0.3 is 15.7 Å². The Morgan fingerprint density at radius 1 is 1.56 bits per heavy atom. The number of aryl methyl sites for hydroxylation is 1. The molecule has 5 heteroatoms. The number of halogens is 1. The highest BCUT2D eigenvalue weighted by atomic mass is 35.5. The van der Waals surface area contributed by atoms with Gasteiger partial charge in [-0.25, -0.2) is 0 Å². The van der Waals surface area contributed by atoms with E-state index in [0.29, 0.717) is 17.3 Å². The largest absolute Gasteiger partial charge is 0.481 e. The highest BCUT2D eigenvalue weighted by Gasteiger charge is 2.27. The van der Waals surface area contributed by atoms with Crippen molar-refractivity contribution >= 4 is 28.9 Å². The van der Waals surface area contributed by atoms with Gasteiger partial charge in [0.25, 0.3) is 0 Å². The molecule has 1 aliphatic heterocycles. The molecule has 1 atom stereocenters. The third kappa shape index (κ3) is 2.53. The maximum Gasteiger partial charge on any atom is 0.308 e. The predicted octanol–water partition coefficient (Wildman–Crippen LogP) is 2.53. The van der Waals surface area contributed by atoms with Crippen molar-refractivity contribution in [3.63, 3.8) is 0 Å². The molecule has 0 spiro atoms. The van der Waals surface area contributed by atoms with Crippen LogP contribution in [0.5, 0.6) is 0 Å². The van der Waals surface area contributed by atoms with Crippen LogP contribution in [0.2, 0.25) is 5.02 Å². The van der Waals surface area contributed by atoms with E-state index in [2.05, 4.69) is 4.90 Å². The molecule has 1 aromatic rings. The van der Waals surface area contributed by atoms with Gasteiger partial charge >= 0.3 is 5.97 Å². The van der Waals surface area contributed by atoms with Crippen LogP contribution in [0.3, 0.4) is 0 Å². The molecule has 1 aromatic carbocycles. The number of carboxylic acids is 1. The van der Waals surface area contributed by atoms with Crippen LogP contribution in [0.25, 0.3) is 0 Å². The van der Waals surface area contributed by atoms with E-state index in [9.17, 15) is 4.79 Å². The van der Waals surface area contributed by atoms with Crippen molar-refractivity contribution in [2.24, 2.45) is 5.92 Å².